The summed E-state index contributed by atoms with van der Waals surface area (Å²) in [6, 6.07) is 10.1. The molecular weight excluding hydrogens is 342 g/mol. The van der Waals surface area contributed by atoms with E-state index in [0.29, 0.717) is 13.1 Å². The number of aliphatic hydroxyl groups excluding tert-OH is 1. The molecule has 142 valence electrons. The van der Waals surface area contributed by atoms with Crippen molar-refractivity contribution >= 4 is 22.7 Å². The number of hydrogen-bond acceptors (Lipinski definition) is 7. The van der Waals surface area contributed by atoms with Crippen LogP contribution in [0.25, 0.3) is 11.0 Å². The van der Waals surface area contributed by atoms with Crippen LogP contribution in [0.15, 0.2) is 36.7 Å². The van der Waals surface area contributed by atoms with Crippen LogP contribution in [0.1, 0.15) is 12.2 Å². The molecule has 3 N–H and O–H groups in total. The maximum atomic E-state index is 10.1. The predicted octanol–water partition coefficient (Wildman–Crippen LogP) is 1.47. The Morgan fingerprint density at radius 3 is 2.96 bits per heavy atom. The fourth-order valence-electron chi connectivity index (χ4n) is 3.63. The molecule has 1 aliphatic heterocycles. The van der Waals surface area contributed by atoms with Crippen LogP contribution in [0.5, 0.6) is 0 Å². The van der Waals surface area contributed by atoms with E-state index in [9.17, 15) is 5.11 Å². The lowest BCUT2D eigenvalue weighted by atomic mass is 10.2. The van der Waals surface area contributed by atoms with Crippen LogP contribution in [0.3, 0.4) is 0 Å². The molecule has 8 heteroatoms. The highest BCUT2D eigenvalue weighted by Crippen LogP contribution is 2.25. The minimum Gasteiger partial charge on any atom is -0.391 e. The Balaban J connectivity index is 1.47. The van der Waals surface area contributed by atoms with Gasteiger partial charge >= 0.3 is 0 Å². The minimum absolute atomic E-state index is 0.244. The summed E-state index contributed by atoms with van der Waals surface area (Å²) in [5.41, 5.74) is 1.98. The molecule has 27 heavy (non-hydrogen) atoms. The lowest BCUT2D eigenvalue weighted by Crippen LogP contribution is -2.38. The van der Waals surface area contributed by atoms with E-state index < -0.39 is 0 Å². The SMILES string of the molecule is CN(C)C[C@H]1C[C@@H](O)CN1c1cc(NCc2nc3ccccc3[nH]2)ncn1. The lowest BCUT2D eigenvalue weighted by molar-refractivity contribution is 0.191. The van der Waals surface area contributed by atoms with Gasteiger partial charge in [0.2, 0.25) is 0 Å². The van der Waals surface area contributed by atoms with Crippen LogP contribution < -0.4 is 10.2 Å². The molecule has 2 aromatic heterocycles. The zero-order chi connectivity index (χ0) is 18.8. The highest BCUT2D eigenvalue weighted by molar-refractivity contribution is 5.74. The van der Waals surface area contributed by atoms with Crippen LogP contribution in [0.2, 0.25) is 0 Å². The number of fused-ring (bicyclic) bond motifs is 1. The lowest BCUT2D eigenvalue weighted by Gasteiger charge is -2.27. The third-order valence-corrected chi connectivity index (χ3v) is 4.79. The minimum atomic E-state index is -0.322. The van der Waals surface area contributed by atoms with Crippen molar-refractivity contribution in [1.29, 1.82) is 0 Å². The number of benzene rings is 1. The van der Waals surface area contributed by atoms with E-state index in [1.165, 1.54) is 0 Å². The zero-order valence-corrected chi connectivity index (χ0v) is 15.6. The summed E-state index contributed by atoms with van der Waals surface area (Å²) < 4.78 is 0. The van der Waals surface area contributed by atoms with Crippen LogP contribution >= 0.6 is 0 Å². The topological polar surface area (TPSA) is 93.2 Å². The van der Waals surface area contributed by atoms with Crippen LogP contribution in [-0.2, 0) is 6.54 Å². The Bertz CT molecular complexity index is 877. The van der Waals surface area contributed by atoms with Gasteiger partial charge in [-0.05, 0) is 32.6 Å². The zero-order valence-electron chi connectivity index (χ0n) is 15.6. The van der Waals surface area contributed by atoms with Crippen LogP contribution in [0.4, 0.5) is 11.6 Å². The van der Waals surface area contributed by atoms with Crippen LogP contribution in [-0.4, -0.2) is 69.3 Å². The molecule has 0 bridgehead atoms. The first-order chi connectivity index (χ1) is 13.1. The summed E-state index contributed by atoms with van der Waals surface area (Å²) in [7, 11) is 4.09. The molecule has 0 radical (unpaired) electrons. The van der Waals surface area contributed by atoms with Crippen molar-refractivity contribution in [3.8, 4) is 0 Å². The van der Waals surface area contributed by atoms with Gasteiger partial charge in [-0.25, -0.2) is 15.0 Å². The molecule has 0 aliphatic carbocycles. The number of aromatic nitrogens is 4. The molecular formula is C19H25N7O. The van der Waals surface area contributed by atoms with E-state index in [0.717, 1.165) is 41.5 Å². The molecule has 0 unspecified atom stereocenters. The van der Waals surface area contributed by atoms with Crippen molar-refractivity contribution in [1.82, 2.24) is 24.8 Å². The van der Waals surface area contributed by atoms with E-state index in [-0.39, 0.29) is 12.1 Å². The fraction of sp³-hybridized carbons (Fsp3) is 0.421. The number of rotatable bonds is 6. The molecule has 8 nitrogen and oxygen atoms in total. The van der Waals surface area contributed by atoms with Crippen molar-refractivity contribution in [2.75, 3.05) is 37.4 Å². The molecule has 3 heterocycles. The van der Waals surface area contributed by atoms with Gasteiger partial charge in [0.05, 0.1) is 23.7 Å². The van der Waals surface area contributed by atoms with E-state index in [1.54, 1.807) is 6.33 Å². The van der Waals surface area contributed by atoms with E-state index in [4.69, 9.17) is 0 Å². The molecule has 0 spiro atoms. The number of nitrogens with one attached hydrogen (secondary N) is 2. The summed E-state index contributed by atoms with van der Waals surface area (Å²) in [6.07, 6.45) is 1.99. The molecule has 3 aromatic rings. The highest BCUT2D eigenvalue weighted by Gasteiger charge is 2.32. The Kier molecular flexibility index (Phi) is 4.91. The Morgan fingerprint density at radius 1 is 1.30 bits per heavy atom. The fourth-order valence-corrected chi connectivity index (χ4v) is 3.63. The van der Waals surface area contributed by atoms with Gasteiger partial charge in [0.25, 0.3) is 0 Å². The standard InChI is InChI=1S/C19H25N7O/c1-25(2)10-13-7-14(27)11-26(13)19-8-17(21-12-22-19)20-9-18-23-15-5-3-4-6-16(15)24-18/h3-6,8,12-14,27H,7,9-11H2,1-2H3,(H,23,24)(H,20,21,22)/t13-,14-/m1/s1. The van der Waals surface area contributed by atoms with Crippen molar-refractivity contribution in [2.45, 2.75) is 25.1 Å². The number of imidazole rings is 1. The summed E-state index contributed by atoms with van der Waals surface area (Å²) in [6.45, 7) is 2.02. The van der Waals surface area contributed by atoms with Gasteiger partial charge in [0.1, 0.15) is 23.8 Å². The predicted molar refractivity (Wildman–Crippen MR) is 106 cm³/mol. The highest BCUT2D eigenvalue weighted by atomic mass is 16.3. The smallest absolute Gasteiger partial charge is 0.134 e. The number of aliphatic hydroxyl groups is 1. The molecule has 1 fully saturated rings. The second-order valence-corrected chi connectivity index (χ2v) is 7.27. The van der Waals surface area contributed by atoms with E-state index in [2.05, 4.69) is 35.1 Å². The van der Waals surface area contributed by atoms with Crippen molar-refractivity contribution in [3.63, 3.8) is 0 Å². The molecule has 0 amide bonds. The maximum absolute atomic E-state index is 10.1. The summed E-state index contributed by atoms with van der Waals surface area (Å²) >= 11 is 0. The second kappa shape index (κ2) is 7.50. The first-order valence-electron chi connectivity index (χ1n) is 9.17. The van der Waals surface area contributed by atoms with Crippen molar-refractivity contribution < 1.29 is 5.11 Å². The first kappa shape index (κ1) is 17.7. The monoisotopic (exact) mass is 367 g/mol. The van der Waals surface area contributed by atoms with Crippen molar-refractivity contribution in [3.05, 3.63) is 42.5 Å². The molecule has 1 saturated heterocycles. The number of hydrogen-bond donors (Lipinski definition) is 3. The van der Waals surface area contributed by atoms with E-state index >= 15 is 0 Å². The van der Waals surface area contributed by atoms with E-state index in [1.807, 2.05) is 44.4 Å². The van der Waals surface area contributed by atoms with Gasteiger partial charge in [0, 0.05) is 25.2 Å². The Hall–Kier alpha value is -2.71. The molecule has 0 saturated carbocycles. The number of nitrogens with zero attached hydrogens (tertiary/aromatic N) is 5. The van der Waals surface area contributed by atoms with Gasteiger partial charge < -0.3 is 25.2 Å². The van der Waals surface area contributed by atoms with Gasteiger partial charge in [-0.15, -0.1) is 0 Å². The Labute approximate surface area is 158 Å². The summed E-state index contributed by atoms with van der Waals surface area (Å²) in [5.74, 6) is 2.43. The first-order valence-corrected chi connectivity index (χ1v) is 9.17. The molecule has 4 rings (SSSR count). The summed E-state index contributed by atoms with van der Waals surface area (Å²) in [5, 5.41) is 13.4. The molecule has 1 aromatic carbocycles. The largest absolute Gasteiger partial charge is 0.391 e. The van der Waals surface area contributed by atoms with Gasteiger partial charge in [-0.2, -0.15) is 0 Å². The van der Waals surface area contributed by atoms with Crippen LogP contribution in [0, 0.1) is 0 Å². The second-order valence-electron chi connectivity index (χ2n) is 7.27. The van der Waals surface area contributed by atoms with Gasteiger partial charge in [-0.3, -0.25) is 0 Å². The number of para-hydroxylation sites is 2. The van der Waals surface area contributed by atoms with Gasteiger partial charge in [0.15, 0.2) is 0 Å². The average Bonchev–Trinajstić information content (AvgIpc) is 3.22. The number of β-amino-alcohol motifs (C(OH)–C–C–N with tert-alkyl or cyclic N) is 1. The third kappa shape index (κ3) is 4.01. The maximum Gasteiger partial charge on any atom is 0.134 e. The van der Waals surface area contributed by atoms with Crippen molar-refractivity contribution in [2.24, 2.45) is 0 Å². The third-order valence-electron chi connectivity index (χ3n) is 4.79. The quantitative estimate of drug-likeness (QED) is 0.607. The normalized spacial score (nSPS) is 19.9. The number of aromatic amines is 1. The Morgan fingerprint density at radius 2 is 2.15 bits per heavy atom. The molecule has 1 aliphatic rings. The van der Waals surface area contributed by atoms with Gasteiger partial charge in [-0.1, -0.05) is 12.1 Å². The average molecular weight is 367 g/mol. The number of H-pyrrole nitrogens is 1. The number of anilines is 2. The number of likely N-dealkylation sites (N-methyl/N-ethyl adjacent to an activating group) is 1. The summed E-state index contributed by atoms with van der Waals surface area (Å²) in [4.78, 5) is 20.9. The molecule has 2 atom stereocenters.